The fraction of sp³-hybridized carbons (Fsp3) is 0.526. The minimum atomic E-state index is 0.182. The number of hydrogen-bond acceptors (Lipinski definition) is 6. The van der Waals surface area contributed by atoms with Gasteiger partial charge in [0.25, 0.3) is 0 Å². The summed E-state index contributed by atoms with van der Waals surface area (Å²) in [6, 6.07) is 6.57. The lowest BCUT2D eigenvalue weighted by Gasteiger charge is -2.31. The lowest BCUT2D eigenvalue weighted by atomic mass is 9.94. The molecule has 140 valence electrons. The van der Waals surface area contributed by atoms with Crippen LogP contribution in [0.25, 0.3) is 0 Å². The Kier molecular flexibility index (Phi) is 6.53. The molecule has 1 saturated carbocycles. The molecule has 1 amide bonds. The van der Waals surface area contributed by atoms with E-state index in [0.29, 0.717) is 11.8 Å². The fourth-order valence-electron chi connectivity index (χ4n) is 3.22. The monoisotopic (exact) mass is 390 g/mol. The van der Waals surface area contributed by atoms with Crippen LogP contribution in [0.4, 0.5) is 10.8 Å². The van der Waals surface area contributed by atoms with Crippen LogP contribution in [0, 0.1) is 13.8 Å². The van der Waals surface area contributed by atoms with Gasteiger partial charge in [-0.15, -0.1) is 10.2 Å². The normalized spacial score (nSPS) is 15.0. The first-order valence-corrected chi connectivity index (χ1v) is 10.9. The minimum Gasteiger partial charge on any atom is -0.342 e. The Labute approximate surface area is 163 Å². The maximum atomic E-state index is 12.4. The summed E-state index contributed by atoms with van der Waals surface area (Å²) in [5, 5.41) is 12.5. The molecule has 0 radical (unpaired) electrons. The van der Waals surface area contributed by atoms with Gasteiger partial charge in [0.2, 0.25) is 11.0 Å². The highest BCUT2D eigenvalue weighted by molar-refractivity contribution is 8.01. The molecule has 1 aromatic heterocycles. The largest absolute Gasteiger partial charge is 0.342 e. The molecule has 1 fully saturated rings. The summed E-state index contributed by atoms with van der Waals surface area (Å²) >= 11 is 2.96. The van der Waals surface area contributed by atoms with E-state index in [-0.39, 0.29) is 5.91 Å². The van der Waals surface area contributed by atoms with Crippen molar-refractivity contribution >= 4 is 39.8 Å². The molecule has 7 heteroatoms. The molecule has 1 aliphatic rings. The number of aryl methyl sites for hydroxylation is 1. The van der Waals surface area contributed by atoms with Crippen LogP contribution < -0.4 is 5.32 Å². The zero-order chi connectivity index (χ0) is 18.5. The molecule has 5 nitrogen and oxygen atoms in total. The van der Waals surface area contributed by atoms with E-state index in [4.69, 9.17) is 0 Å². The van der Waals surface area contributed by atoms with E-state index >= 15 is 0 Å². The van der Waals surface area contributed by atoms with Gasteiger partial charge < -0.3 is 10.2 Å². The van der Waals surface area contributed by atoms with E-state index in [2.05, 4.69) is 35.4 Å². The van der Waals surface area contributed by atoms with Gasteiger partial charge in [0.1, 0.15) is 0 Å². The number of amides is 1. The fourth-order valence-corrected chi connectivity index (χ4v) is 4.91. The second-order valence-electron chi connectivity index (χ2n) is 6.83. The predicted molar refractivity (Wildman–Crippen MR) is 109 cm³/mol. The SMILES string of the molecule is Cc1cccc(Nc2nnc(SCC(=O)N(C)C3CCCCC3)s2)c1C. The summed E-state index contributed by atoms with van der Waals surface area (Å²) in [7, 11) is 1.94. The molecule has 2 aromatic rings. The van der Waals surface area contributed by atoms with Crippen molar-refractivity contribution < 1.29 is 4.79 Å². The highest BCUT2D eigenvalue weighted by Gasteiger charge is 2.22. The second-order valence-corrected chi connectivity index (χ2v) is 9.03. The average Bonchev–Trinajstić information content (AvgIpc) is 3.11. The van der Waals surface area contributed by atoms with Crippen molar-refractivity contribution in [3.05, 3.63) is 29.3 Å². The van der Waals surface area contributed by atoms with Crippen LogP contribution in [0.1, 0.15) is 43.2 Å². The third kappa shape index (κ3) is 4.76. The van der Waals surface area contributed by atoms with Crippen LogP contribution in [-0.2, 0) is 4.79 Å². The summed E-state index contributed by atoms with van der Waals surface area (Å²) in [6.45, 7) is 4.18. The van der Waals surface area contributed by atoms with E-state index in [9.17, 15) is 4.79 Å². The molecule has 26 heavy (non-hydrogen) atoms. The Hall–Kier alpha value is -1.60. The van der Waals surface area contributed by atoms with Crippen LogP contribution in [0.15, 0.2) is 22.5 Å². The van der Waals surface area contributed by atoms with Crippen molar-refractivity contribution in [2.24, 2.45) is 0 Å². The summed E-state index contributed by atoms with van der Waals surface area (Å²) in [4.78, 5) is 14.4. The van der Waals surface area contributed by atoms with Gasteiger partial charge >= 0.3 is 0 Å². The number of carbonyl (C=O) groups excluding carboxylic acids is 1. The number of benzene rings is 1. The van der Waals surface area contributed by atoms with Crippen LogP contribution in [0.2, 0.25) is 0 Å². The van der Waals surface area contributed by atoms with Gasteiger partial charge in [0, 0.05) is 18.8 Å². The molecule has 0 aliphatic heterocycles. The summed E-state index contributed by atoms with van der Waals surface area (Å²) in [5.74, 6) is 0.603. The Balaban J connectivity index is 1.53. The van der Waals surface area contributed by atoms with Crippen molar-refractivity contribution in [1.82, 2.24) is 15.1 Å². The van der Waals surface area contributed by atoms with Crippen molar-refractivity contribution in [3.8, 4) is 0 Å². The zero-order valence-electron chi connectivity index (χ0n) is 15.6. The topological polar surface area (TPSA) is 58.1 Å². The van der Waals surface area contributed by atoms with Gasteiger partial charge in [0.05, 0.1) is 5.75 Å². The molecule has 0 bridgehead atoms. The number of nitrogens with one attached hydrogen (secondary N) is 1. The van der Waals surface area contributed by atoms with E-state index in [1.807, 2.05) is 24.1 Å². The Morgan fingerprint density at radius 2 is 2.04 bits per heavy atom. The first kappa shape index (κ1) is 19.2. The first-order valence-electron chi connectivity index (χ1n) is 9.10. The van der Waals surface area contributed by atoms with E-state index in [1.165, 1.54) is 53.5 Å². The Bertz CT molecular complexity index is 756. The molecule has 0 unspecified atom stereocenters. The van der Waals surface area contributed by atoms with E-state index in [0.717, 1.165) is 28.0 Å². The van der Waals surface area contributed by atoms with Crippen LogP contribution in [0.5, 0.6) is 0 Å². The van der Waals surface area contributed by atoms with Gasteiger partial charge in [0.15, 0.2) is 4.34 Å². The lowest BCUT2D eigenvalue weighted by Crippen LogP contribution is -2.39. The van der Waals surface area contributed by atoms with Gasteiger partial charge in [-0.05, 0) is 43.9 Å². The van der Waals surface area contributed by atoms with E-state index < -0.39 is 0 Å². The third-order valence-electron chi connectivity index (χ3n) is 5.09. The van der Waals surface area contributed by atoms with Crippen LogP contribution >= 0.6 is 23.1 Å². The molecule has 0 saturated heterocycles. The molecule has 1 aliphatic carbocycles. The Morgan fingerprint density at radius 1 is 1.27 bits per heavy atom. The number of aromatic nitrogens is 2. The number of anilines is 2. The Morgan fingerprint density at radius 3 is 2.81 bits per heavy atom. The summed E-state index contributed by atoms with van der Waals surface area (Å²) in [5.41, 5.74) is 3.50. The predicted octanol–water partition coefficient (Wildman–Crippen LogP) is 4.78. The molecule has 1 N–H and O–H groups in total. The third-order valence-corrected chi connectivity index (χ3v) is 7.04. The van der Waals surface area contributed by atoms with Crippen molar-refractivity contribution in [2.45, 2.75) is 56.3 Å². The van der Waals surface area contributed by atoms with Crippen molar-refractivity contribution in [3.63, 3.8) is 0 Å². The number of thioether (sulfide) groups is 1. The molecule has 0 atom stereocenters. The van der Waals surface area contributed by atoms with Gasteiger partial charge in [-0.25, -0.2) is 0 Å². The summed E-state index contributed by atoms with van der Waals surface area (Å²) < 4.78 is 0.822. The first-order chi connectivity index (χ1) is 12.5. The van der Waals surface area contributed by atoms with E-state index in [1.54, 1.807) is 0 Å². The van der Waals surface area contributed by atoms with Crippen molar-refractivity contribution in [1.29, 1.82) is 0 Å². The second kappa shape index (κ2) is 8.86. The molecular weight excluding hydrogens is 364 g/mol. The maximum absolute atomic E-state index is 12.4. The standard InChI is InChI=1S/C19H26N4OS2/c1-13-8-7-11-16(14(13)2)20-18-21-22-19(26-18)25-12-17(24)23(3)15-9-5-4-6-10-15/h7-8,11,15H,4-6,9-10,12H2,1-3H3,(H,20,21). The number of rotatable bonds is 6. The molecular formula is C19H26N4OS2. The van der Waals surface area contributed by atoms with Gasteiger partial charge in [-0.1, -0.05) is 54.5 Å². The zero-order valence-corrected chi connectivity index (χ0v) is 17.3. The maximum Gasteiger partial charge on any atom is 0.233 e. The molecule has 1 heterocycles. The highest BCUT2D eigenvalue weighted by atomic mass is 32.2. The molecule has 0 spiro atoms. The average molecular weight is 391 g/mol. The smallest absolute Gasteiger partial charge is 0.233 e. The van der Waals surface area contributed by atoms with Crippen LogP contribution in [0.3, 0.4) is 0 Å². The van der Waals surface area contributed by atoms with Gasteiger partial charge in [-0.2, -0.15) is 0 Å². The highest BCUT2D eigenvalue weighted by Crippen LogP contribution is 2.30. The summed E-state index contributed by atoms with van der Waals surface area (Å²) in [6.07, 6.45) is 6.04. The van der Waals surface area contributed by atoms with Crippen molar-refractivity contribution in [2.75, 3.05) is 18.1 Å². The quantitative estimate of drug-likeness (QED) is 0.719. The van der Waals surface area contributed by atoms with Gasteiger partial charge in [-0.3, -0.25) is 4.79 Å². The number of hydrogen-bond donors (Lipinski definition) is 1. The molecule has 3 rings (SSSR count). The number of nitrogens with zero attached hydrogens (tertiary/aromatic N) is 3. The lowest BCUT2D eigenvalue weighted by molar-refractivity contribution is -0.129. The number of carbonyl (C=O) groups is 1. The minimum absolute atomic E-state index is 0.182. The molecule has 1 aromatic carbocycles. The van der Waals surface area contributed by atoms with Crippen LogP contribution in [-0.4, -0.2) is 39.8 Å².